The van der Waals surface area contributed by atoms with E-state index in [4.69, 9.17) is 4.74 Å². The van der Waals surface area contributed by atoms with Gasteiger partial charge in [0, 0.05) is 18.9 Å². The van der Waals surface area contributed by atoms with Crippen LogP contribution < -0.4 is 4.90 Å². The molecule has 0 aliphatic carbocycles. The third-order valence-corrected chi connectivity index (χ3v) is 3.07. The fraction of sp³-hybridized carbons (Fsp3) is 0.250. The van der Waals surface area contributed by atoms with Gasteiger partial charge in [-0.1, -0.05) is 24.8 Å². The summed E-state index contributed by atoms with van der Waals surface area (Å²) in [5.74, 6) is -0.415. The maximum absolute atomic E-state index is 11.7. The van der Waals surface area contributed by atoms with Gasteiger partial charge in [-0.3, -0.25) is 0 Å². The van der Waals surface area contributed by atoms with Gasteiger partial charge < -0.3 is 9.64 Å². The van der Waals surface area contributed by atoms with Crippen LogP contribution in [0.5, 0.6) is 0 Å². The van der Waals surface area contributed by atoms with Gasteiger partial charge in [-0.25, -0.2) is 9.48 Å². The summed E-state index contributed by atoms with van der Waals surface area (Å²) in [4.78, 5) is 13.8. The summed E-state index contributed by atoms with van der Waals surface area (Å²) in [6, 6.07) is 11.7. The normalized spacial score (nSPS) is 10.2. The molecule has 0 fully saturated rings. The van der Waals surface area contributed by atoms with Crippen molar-refractivity contribution in [1.29, 1.82) is 0 Å². The number of nitrogens with zero attached hydrogens (tertiary/aromatic N) is 3. The van der Waals surface area contributed by atoms with E-state index >= 15 is 0 Å². The number of carbonyl (C=O) groups excluding carboxylic acids is 1. The first kappa shape index (κ1) is 14.8. The first-order valence-electron chi connectivity index (χ1n) is 6.80. The molecule has 1 aromatic heterocycles. The second-order valence-corrected chi connectivity index (χ2v) is 4.56. The summed E-state index contributed by atoms with van der Waals surface area (Å²) in [7, 11) is 1.99. The van der Waals surface area contributed by atoms with Gasteiger partial charge in [-0.15, -0.1) is 0 Å². The molecule has 0 saturated carbocycles. The van der Waals surface area contributed by atoms with E-state index in [1.54, 1.807) is 23.9 Å². The van der Waals surface area contributed by atoms with Crippen LogP contribution in [0.2, 0.25) is 0 Å². The topological polar surface area (TPSA) is 47.4 Å². The van der Waals surface area contributed by atoms with E-state index in [1.165, 1.54) is 0 Å². The Morgan fingerprint density at radius 2 is 2.14 bits per heavy atom. The second kappa shape index (κ2) is 6.74. The van der Waals surface area contributed by atoms with E-state index in [2.05, 4.69) is 16.6 Å². The number of para-hydroxylation sites is 1. The van der Waals surface area contributed by atoms with Crippen LogP contribution in [0.4, 0.5) is 5.69 Å². The standard InChI is InChI=1S/C16H19N3O2/c1-4-19-14(11-15(17-19)16(20)21-5-2)12-18(3)13-9-7-6-8-10-13/h4,6-11H,1,5,12H2,2-3H3. The molecular weight excluding hydrogens is 266 g/mol. The third kappa shape index (κ3) is 3.51. The third-order valence-electron chi connectivity index (χ3n) is 3.07. The second-order valence-electron chi connectivity index (χ2n) is 4.56. The van der Waals surface area contributed by atoms with Gasteiger partial charge in [0.2, 0.25) is 0 Å². The van der Waals surface area contributed by atoms with Crippen LogP contribution >= 0.6 is 0 Å². The predicted octanol–water partition coefficient (Wildman–Crippen LogP) is 2.80. The number of anilines is 1. The summed E-state index contributed by atoms with van der Waals surface area (Å²) >= 11 is 0. The predicted molar refractivity (Wildman–Crippen MR) is 83.1 cm³/mol. The molecular formula is C16H19N3O2. The fourth-order valence-electron chi connectivity index (χ4n) is 2.03. The number of aromatic nitrogens is 2. The number of ether oxygens (including phenoxy) is 1. The lowest BCUT2D eigenvalue weighted by Gasteiger charge is -2.19. The van der Waals surface area contributed by atoms with Gasteiger partial charge in [0.1, 0.15) is 0 Å². The summed E-state index contributed by atoms with van der Waals surface area (Å²) in [6.07, 6.45) is 1.58. The zero-order chi connectivity index (χ0) is 15.2. The molecule has 2 aromatic rings. The van der Waals surface area contributed by atoms with Crippen molar-refractivity contribution in [2.75, 3.05) is 18.6 Å². The van der Waals surface area contributed by atoms with Crippen molar-refractivity contribution in [1.82, 2.24) is 9.78 Å². The van der Waals surface area contributed by atoms with Gasteiger partial charge in [0.25, 0.3) is 0 Å². The Labute approximate surface area is 124 Å². The molecule has 0 N–H and O–H groups in total. The summed E-state index contributed by atoms with van der Waals surface area (Å²) in [6.45, 7) is 6.44. The van der Waals surface area contributed by atoms with Crippen molar-refractivity contribution >= 4 is 17.9 Å². The number of hydrogen-bond donors (Lipinski definition) is 0. The highest BCUT2D eigenvalue weighted by Gasteiger charge is 2.15. The molecule has 0 aliphatic rings. The van der Waals surface area contributed by atoms with Crippen LogP contribution in [0.1, 0.15) is 23.1 Å². The Balaban J connectivity index is 2.19. The molecule has 0 unspecified atom stereocenters. The van der Waals surface area contributed by atoms with Crippen LogP contribution in [0, 0.1) is 0 Å². The molecule has 0 bridgehead atoms. The highest BCUT2D eigenvalue weighted by Crippen LogP contribution is 2.16. The molecule has 110 valence electrons. The Morgan fingerprint density at radius 1 is 1.43 bits per heavy atom. The van der Waals surface area contributed by atoms with Crippen molar-refractivity contribution in [3.63, 3.8) is 0 Å². The SMILES string of the molecule is C=Cn1nc(C(=O)OCC)cc1CN(C)c1ccccc1. The Bertz CT molecular complexity index is 620. The molecule has 5 heteroatoms. The minimum absolute atomic E-state index is 0.299. The van der Waals surface area contributed by atoms with Crippen molar-refractivity contribution < 1.29 is 9.53 Å². The van der Waals surface area contributed by atoms with E-state index in [0.717, 1.165) is 11.4 Å². The van der Waals surface area contributed by atoms with Gasteiger partial charge in [0.15, 0.2) is 5.69 Å². The van der Waals surface area contributed by atoms with Crippen molar-refractivity contribution in [3.05, 3.63) is 54.4 Å². The smallest absolute Gasteiger partial charge is 0.358 e. The molecule has 0 aliphatic heterocycles. The van der Waals surface area contributed by atoms with Crippen LogP contribution in [0.3, 0.4) is 0 Å². The number of esters is 1. The molecule has 1 heterocycles. The molecule has 0 spiro atoms. The lowest BCUT2D eigenvalue weighted by atomic mass is 10.2. The molecule has 2 rings (SSSR count). The van der Waals surface area contributed by atoms with Crippen LogP contribution in [-0.4, -0.2) is 29.4 Å². The largest absolute Gasteiger partial charge is 0.461 e. The van der Waals surface area contributed by atoms with Crippen molar-refractivity contribution in [2.45, 2.75) is 13.5 Å². The van der Waals surface area contributed by atoms with E-state index in [0.29, 0.717) is 18.8 Å². The molecule has 5 nitrogen and oxygen atoms in total. The Morgan fingerprint density at radius 3 is 2.76 bits per heavy atom. The van der Waals surface area contributed by atoms with Crippen molar-refractivity contribution in [3.8, 4) is 0 Å². The monoisotopic (exact) mass is 285 g/mol. The Kier molecular flexibility index (Phi) is 4.77. The molecule has 1 aromatic carbocycles. The first-order valence-corrected chi connectivity index (χ1v) is 6.80. The van der Waals surface area contributed by atoms with Crippen molar-refractivity contribution in [2.24, 2.45) is 0 Å². The molecule has 0 atom stereocenters. The minimum atomic E-state index is -0.415. The van der Waals surface area contributed by atoms with E-state index in [-0.39, 0.29) is 0 Å². The highest BCUT2D eigenvalue weighted by atomic mass is 16.5. The lowest BCUT2D eigenvalue weighted by molar-refractivity contribution is 0.0519. The zero-order valence-electron chi connectivity index (χ0n) is 12.3. The molecule has 21 heavy (non-hydrogen) atoms. The average Bonchev–Trinajstić information content (AvgIpc) is 2.91. The maximum Gasteiger partial charge on any atom is 0.358 e. The molecule has 0 amide bonds. The van der Waals surface area contributed by atoms with Crippen LogP contribution in [-0.2, 0) is 11.3 Å². The molecule has 0 radical (unpaired) electrons. The summed E-state index contributed by atoms with van der Waals surface area (Å²) < 4.78 is 6.57. The number of carbonyl (C=O) groups is 1. The van der Waals surface area contributed by atoms with Gasteiger partial charge in [-0.05, 0) is 25.1 Å². The lowest BCUT2D eigenvalue weighted by Crippen LogP contribution is -2.18. The van der Waals surface area contributed by atoms with Gasteiger partial charge in [-0.2, -0.15) is 5.10 Å². The van der Waals surface area contributed by atoms with Gasteiger partial charge >= 0.3 is 5.97 Å². The summed E-state index contributed by atoms with van der Waals surface area (Å²) in [5, 5.41) is 4.19. The summed E-state index contributed by atoms with van der Waals surface area (Å²) in [5.41, 5.74) is 2.26. The van der Waals surface area contributed by atoms with Crippen LogP contribution in [0.25, 0.3) is 6.20 Å². The Hall–Kier alpha value is -2.56. The van der Waals surface area contributed by atoms with E-state index in [9.17, 15) is 4.79 Å². The minimum Gasteiger partial charge on any atom is -0.461 e. The van der Waals surface area contributed by atoms with E-state index in [1.807, 2.05) is 37.4 Å². The maximum atomic E-state index is 11.7. The zero-order valence-corrected chi connectivity index (χ0v) is 12.3. The fourth-order valence-corrected chi connectivity index (χ4v) is 2.03. The van der Waals surface area contributed by atoms with Gasteiger partial charge in [0.05, 0.1) is 18.8 Å². The quantitative estimate of drug-likeness (QED) is 0.766. The average molecular weight is 285 g/mol. The van der Waals surface area contributed by atoms with Crippen LogP contribution in [0.15, 0.2) is 43.0 Å². The number of rotatable bonds is 6. The first-order chi connectivity index (χ1) is 10.2. The molecule has 0 saturated heterocycles. The van der Waals surface area contributed by atoms with E-state index < -0.39 is 5.97 Å². The highest BCUT2D eigenvalue weighted by molar-refractivity contribution is 5.87. The number of benzene rings is 1. The number of hydrogen-bond acceptors (Lipinski definition) is 4.